The van der Waals surface area contributed by atoms with Gasteiger partial charge < -0.3 is 11.5 Å². The van der Waals surface area contributed by atoms with Gasteiger partial charge >= 0.3 is 0 Å². The van der Waals surface area contributed by atoms with Crippen molar-refractivity contribution in [3.63, 3.8) is 0 Å². The molecule has 6 heteroatoms. The van der Waals surface area contributed by atoms with Crippen LogP contribution < -0.4 is 11.5 Å². The van der Waals surface area contributed by atoms with Crippen molar-refractivity contribution in [3.05, 3.63) is 58.3 Å². The van der Waals surface area contributed by atoms with Gasteiger partial charge in [0.2, 0.25) is 0 Å². The molecule has 0 aliphatic heterocycles. The number of amides is 1. The van der Waals surface area contributed by atoms with E-state index in [4.69, 9.17) is 16.5 Å². The number of hydrogen-bond donors (Lipinski definition) is 2. The fourth-order valence-electron chi connectivity index (χ4n) is 3.42. The molecule has 0 radical (unpaired) electrons. The minimum Gasteiger partial charge on any atom is -0.397 e. The molecule has 0 bridgehead atoms. The molecule has 0 atom stereocenters. The Bertz CT molecular complexity index is 1130. The standard InChI is InChI=1S/C21H19N3OS2/c1-11(2)14-15(12-7-4-3-5-8-12)16-17(22)19(20(23)25)27-21(16)24-18(14)13-9-6-10-26-13/h3-11H,22H2,1-2H3,(H2,23,25). The molecule has 0 spiro atoms. The molecular weight excluding hydrogens is 374 g/mol. The molecular formula is C21H19N3OS2. The Morgan fingerprint density at radius 3 is 2.44 bits per heavy atom. The molecule has 0 saturated heterocycles. The predicted octanol–water partition coefficient (Wildman–Crippen LogP) is 5.50. The second kappa shape index (κ2) is 6.79. The largest absolute Gasteiger partial charge is 0.397 e. The van der Waals surface area contributed by atoms with Crippen molar-refractivity contribution in [1.82, 2.24) is 4.98 Å². The summed E-state index contributed by atoms with van der Waals surface area (Å²) in [5.41, 5.74) is 16.6. The van der Waals surface area contributed by atoms with Gasteiger partial charge in [-0.2, -0.15) is 0 Å². The van der Waals surface area contributed by atoms with Crippen molar-refractivity contribution in [3.8, 4) is 21.7 Å². The summed E-state index contributed by atoms with van der Waals surface area (Å²) in [6.45, 7) is 4.31. The molecule has 1 amide bonds. The molecule has 1 aromatic carbocycles. The maximum Gasteiger partial charge on any atom is 0.260 e. The third-order valence-corrected chi connectivity index (χ3v) is 6.52. The van der Waals surface area contributed by atoms with Crippen molar-refractivity contribution >= 4 is 44.5 Å². The lowest BCUT2D eigenvalue weighted by molar-refractivity contribution is 0.100. The van der Waals surface area contributed by atoms with Crippen LogP contribution in [0.3, 0.4) is 0 Å². The number of aromatic nitrogens is 1. The van der Waals surface area contributed by atoms with E-state index >= 15 is 0 Å². The first-order chi connectivity index (χ1) is 13.0. The van der Waals surface area contributed by atoms with Crippen LogP contribution in [0.1, 0.15) is 35.0 Å². The number of carbonyl (C=O) groups is 1. The molecule has 136 valence electrons. The van der Waals surface area contributed by atoms with Crippen molar-refractivity contribution in [2.24, 2.45) is 5.73 Å². The lowest BCUT2D eigenvalue weighted by Gasteiger charge is -2.18. The number of benzene rings is 1. The van der Waals surface area contributed by atoms with Gasteiger partial charge in [-0.1, -0.05) is 50.2 Å². The molecule has 4 nitrogen and oxygen atoms in total. The highest BCUT2D eigenvalue weighted by atomic mass is 32.1. The number of nitrogen functional groups attached to an aromatic ring is 1. The highest BCUT2D eigenvalue weighted by Gasteiger charge is 2.25. The van der Waals surface area contributed by atoms with Gasteiger partial charge in [0.25, 0.3) is 5.91 Å². The molecule has 3 heterocycles. The lowest BCUT2D eigenvalue weighted by atomic mass is 9.88. The second-order valence-corrected chi connectivity index (χ2v) is 8.58. The van der Waals surface area contributed by atoms with E-state index in [0.29, 0.717) is 10.6 Å². The zero-order valence-electron chi connectivity index (χ0n) is 15.0. The third-order valence-electron chi connectivity index (χ3n) is 4.53. The lowest BCUT2D eigenvalue weighted by Crippen LogP contribution is -2.10. The third kappa shape index (κ3) is 2.91. The molecule has 4 N–H and O–H groups in total. The Balaban J connectivity index is 2.21. The molecule has 3 aromatic heterocycles. The summed E-state index contributed by atoms with van der Waals surface area (Å²) in [5.74, 6) is -0.288. The summed E-state index contributed by atoms with van der Waals surface area (Å²) in [7, 11) is 0. The number of carbonyl (C=O) groups excluding carboxylic acids is 1. The average Bonchev–Trinajstić information content (AvgIpc) is 3.29. The van der Waals surface area contributed by atoms with Crippen molar-refractivity contribution < 1.29 is 4.79 Å². The second-order valence-electron chi connectivity index (χ2n) is 6.64. The zero-order valence-corrected chi connectivity index (χ0v) is 16.7. The normalized spacial score (nSPS) is 11.4. The van der Waals surface area contributed by atoms with E-state index < -0.39 is 5.91 Å². The molecule has 0 fully saturated rings. The number of nitrogens with zero attached hydrogens (tertiary/aromatic N) is 1. The molecule has 0 aliphatic carbocycles. The summed E-state index contributed by atoms with van der Waals surface area (Å²) in [6, 6.07) is 14.2. The Hall–Kier alpha value is -2.70. The first-order valence-corrected chi connectivity index (χ1v) is 10.3. The summed E-state index contributed by atoms with van der Waals surface area (Å²) >= 11 is 2.92. The molecule has 27 heavy (non-hydrogen) atoms. The summed E-state index contributed by atoms with van der Waals surface area (Å²) in [5, 5.41) is 2.87. The number of anilines is 1. The fourth-order valence-corrected chi connectivity index (χ4v) is 5.10. The van der Waals surface area contributed by atoms with Gasteiger partial charge in [-0.25, -0.2) is 4.98 Å². The van der Waals surface area contributed by atoms with Gasteiger partial charge in [-0.15, -0.1) is 22.7 Å². The number of fused-ring (bicyclic) bond motifs is 1. The predicted molar refractivity (Wildman–Crippen MR) is 115 cm³/mol. The summed E-state index contributed by atoms with van der Waals surface area (Å²) < 4.78 is 0. The van der Waals surface area contributed by atoms with E-state index in [9.17, 15) is 4.79 Å². The molecule has 4 aromatic rings. The molecule has 4 rings (SSSR count). The average molecular weight is 394 g/mol. The number of thiophene rings is 2. The van der Waals surface area contributed by atoms with E-state index in [2.05, 4.69) is 32.0 Å². The quantitative estimate of drug-likeness (QED) is 0.480. The summed E-state index contributed by atoms with van der Waals surface area (Å²) in [6.07, 6.45) is 0. The van der Waals surface area contributed by atoms with Crippen LogP contribution in [-0.4, -0.2) is 10.9 Å². The van der Waals surface area contributed by atoms with Gasteiger partial charge in [-0.05, 0) is 34.1 Å². The Morgan fingerprint density at radius 1 is 1.11 bits per heavy atom. The zero-order chi connectivity index (χ0) is 19.1. The van der Waals surface area contributed by atoms with Crippen LogP contribution in [0, 0.1) is 0 Å². The topological polar surface area (TPSA) is 82.0 Å². The van der Waals surface area contributed by atoms with Crippen LogP contribution in [0.4, 0.5) is 5.69 Å². The monoisotopic (exact) mass is 393 g/mol. The van der Waals surface area contributed by atoms with Crippen LogP contribution in [0.15, 0.2) is 47.8 Å². The van der Waals surface area contributed by atoms with E-state index in [1.807, 2.05) is 29.6 Å². The number of primary amides is 1. The number of hydrogen-bond acceptors (Lipinski definition) is 5. The Kier molecular flexibility index (Phi) is 4.45. The highest BCUT2D eigenvalue weighted by Crippen LogP contribution is 2.46. The summed E-state index contributed by atoms with van der Waals surface area (Å²) in [4.78, 5) is 19.0. The molecule has 0 aliphatic rings. The van der Waals surface area contributed by atoms with Crippen LogP contribution in [0.5, 0.6) is 0 Å². The minimum absolute atomic E-state index is 0.227. The van der Waals surface area contributed by atoms with E-state index in [-0.39, 0.29) is 5.92 Å². The van der Waals surface area contributed by atoms with Crippen molar-refractivity contribution in [2.45, 2.75) is 19.8 Å². The minimum atomic E-state index is -0.515. The van der Waals surface area contributed by atoms with Crippen LogP contribution in [0.25, 0.3) is 31.9 Å². The maximum absolute atomic E-state index is 11.9. The van der Waals surface area contributed by atoms with Gasteiger partial charge in [-0.3, -0.25) is 4.79 Å². The molecule has 0 saturated carbocycles. The fraction of sp³-hybridized carbons (Fsp3) is 0.143. The number of nitrogens with two attached hydrogens (primary N) is 2. The van der Waals surface area contributed by atoms with E-state index in [1.54, 1.807) is 11.3 Å². The number of pyridine rings is 1. The van der Waals surface area contributed by atoms with Crippen LogP contribution >= 0.6 is 22.7 Å². The number of rotatable bonds is 4. The highest BCUT2D eigenvalue weighted by molar-refractivity contribution is 7.21. The molecule has 0 unspecified atom stereocenters. The Labute approximate surface area is 165 Å². The van der Waals surface area contributed by atoms with Crippen LogP contribution in [0.2, 0.25) is 0 Å². The Morgan fingerprint density at radius 2 is 1.85 bits per heavy atom. The van der Waals surface area contributed by atoms with Crippen molar-refractivity contribution in [1.29, 1.82) is 0 Å². The van der Waals surface area contributed by atoms with E-state index in [1.165, 1.54) is 11.3 Å². The van der Waals surface area contributed by atoms with Gasteiger partial charge in [0, 0.05) is 5.39 Å². The SMILES string of the molecule is CC(C)c1c(-c2cccs2)nc2sc(C(N)=O)c(N)c2c1-c1ccccc1. The van der Waals surface area contributed by atoms with Gasteiger partial charge in [0.05, 0.1) is 16.3 Å². The maximum atomic E-state index is 11.9. The van der Waals surface area contributed by atoms with Crippen LogP contribution in [-0.2, 0) is 0 Å². The smallest absolute Gasteiger partial charge is 0.260 e. The van der Waals surface area contributed by atoms with Gasteiger partial charge in [0.15, 0.2) is 0 Å². The first-order valence-electron chi connectivity index (χ1n) is 8.64. The first kappa shape index (κ1) is 17.7. The van der Waals surface area contributed by atoms with Gasteiger partial charge in [0.1, 0.15) is 9.71 Å². The van der Waals surface area contributed by atoms with E-state index in [0.717, 1.165) is 37.5 Å². The van der Waals surface area contributed by atoms with Crippen molar-refractivity contribution in [2.75, 3.05) is 5.73 Å².